The van der Waals surface area contributed by atoms with Crippen LogP contribution in [0.25, 0.3) is 11.0 Å². The van der Waals surface area contributed by atoms with Crippen LogP contribution < -0.4 is 10.1 Å². The van der Waals surface area contributed by atoms with Gasteiger partial charge in [0.1, 0.15) is 5.65 Å². The van der Waals surface area contributed by atoms with Crippen LogP contribution in [0.4, 0.5) is 14.5 Å². The van der Waals surface area contributed by atoms with Gasteiger partial charge in [0.25, 0.3) is 0 Å². The van der Waals surface area contributed by atoms with E-state index in [4.69, 9.17) is 9.47 Å². The van der Waals surface area contributed by atoms with E-state index in [1.54, 1.807) is 12.1 Å². The van der Waals surface area contributed by atoms with Gasteiger partial charge in [-0.2, -0.15) is 0 Å². The number of ketones is 1. The minimum Gasteiger partial charge on any atom is -0.436 e. The fourth-order valence-electron chi connectivity index (χ4n) is 4.03. The SMILES string of the molecule is O=C(c1ccc(Oc2ccccc2F)nc1)c1c[nH]c2ncc(F)c(N[C@@H]3CC[C@@H](CO)OC3)c12. The van der Waals surface area contributed by atoms with E-state index >= 15 is 0 Å². The summed E-state index contributed by atoms with van der Waals surface area (Å²) in [6.45, 7) is 0.241. The molecule has 180 valence electrons. The average Bonchev–Trinajstić information content (AvgIpc) is 3.32. The molecule has 35 heavy (non-hydrogen) atoms. The smallest absolute Gasteiger partial charge is 0.219 e. The van der Waals surface area contributed by atoms with Gasteiger partial charge in [-0.1, -0.05) is 12.1 Å². The van der Waals surface area contributed by atoms with Crippen LogP contribution in [0.3, 0.4) is 0 Å². The second-order valence-electron chi connectivity index (χ2n) is 8.21. The molecule has 1 aliphatic rings. The zero-order valence-electron chi connectivity index (χ0n) is 18.5. The number of pyridine rings is 2. The predicted octanol–water partition coefficient (Wildman–Crippen LogP) is 4.21. The number of carbonyl (C=O) groups excluding carboxylic acids is 1. The first-order chi connectivity index (χ1) is 17.0. The molecule has 1 aromatic carbocycles. The average molecular weight is 480 g/mol. The van der Waals surface area contributed by atoms with Crippen molar-refractivity contribution in [2.75, 3.05) is 18.5 Å². The molecule has 10 heteroatoms. The zero-order chi connectivity index (χ0) is 24.4. The van der Waals surface area contributed by atoms with Crippen molar-refractivity contribution >= 4 is 22.5 Å². The van der Waals surface area contributed by atoms with Crippen molar-refractivity contribution in [1.29, 1.82) is 0 Å². The number of aromatic amines is 1. The number of nitrogens with one attached hydrogen (secondary N) is 2. The number of ether oxygens (including phenoxy) is 2. The summed E-state index contributed by atoms with van der Waals surface area (Å²) in [6, 6.07) is 8.71. The minimum absolute atomic E-state index is 0.0185. The number of anilines is 1. The number of fused-ring (bicyclic) bond motifs is 1. The Kier molecular flexibility index (Phi) is 6.39. The van der Waals surface area contributed by atoms with E-state index in [1.165, 1.54) is 36.7 Å². The van der Waals surface area contributed by atoms with Crippen LogP contribution >= 0.6 is 0 Å². The second kappa shape index (κ2) is 9.77. The molecule has 1 saturated heterocycles. The summed E-state index contributed by atoms with van der Waals surface area (Å²) in [5.41, 5.74) is 0.982. The molecule has 0 unspecified atom stereocenters. The molecule has 4 aromatic rings. The molecule has 0 aliphatic carbocycles. The molecule has 0 spiro atoms. The summed E-state index contributed by atoms with van der Waals surface area (Å²) in [4.78, 5) is 24.4. The number of carbonyl (C=O) groups is 1. The minimum atomic E-state index is -0.595. The molecule has 8 nitrogen and oxygen atoms in total. The molecule has 1 fully saturated rings. The van der Waals surface area contributed by atoms with Crippen LogP contribution in [0.5, 0.6) is 11.6 Å². The van der Waals surface area contributed by atoms with Gasteiger partial charge in [0.05, 0.1) is 42.2 Å². The highest BCUT2D eigenvalue weighted by Crippen LogP contribution is 2.32. The molecule has 0 saturated carbocycles. The van der Waals surface area contributed by atoms with Gasteiger partial charge in [0, 0.05) is 30.1 Å². The summed E-state index contributed by atoms with van der Waals surface area (Å²) in [7, 11) is 0. The van der Waals surface area contributed by atoms with Gasteiger partial charge in [-0.25, -0.2) is 18.7 Å². The lowest BCUT2D eigenvalue weighted by Gasteiger charge is -2.29. The molecule has 3 N–H and O–H groups in total. The van der Waals surface area contributed by atoms with Gasteiger partial charge in [-0.3, -0.25) is 4.79 Å². The summed E-state index contributed by atoms with van der Waals surface area (Å²) in [5.74, 6) is -1.37. The highest BCUT2D eigenvalue weighted by molar-refractivity contribution is 6.18. The normalized spacial score (nSPS) is 17.9. The van der Waals surface area contributed by atoms with Crippen LogP contribution in [-0.4, -0.2) is 51.2 Å². The summed E-state index contributed by atoms with van der Waals surface area (Å²) < 4.78 is 39.7. The van der Waals surface area contributed by atoms with Crippen LogP contribution in [0, 0.1) is 11.6 Å². The Hall–Kier alpha value is -3.89. The van der Waals surface area contributed by atoms with Gasteiger partial charge in [-0.15, -0.1) is 0 Å². The Morgan fingerprint density at radius 3 is 2.71 bits per heavy atom. The Bertz CT molecular complexity index is 1350. The van der Waals surface area contributed by atoms with E-state index < -0.39 is 17.4 Å². The summed E-state index contributed by atoms with van der Waals surface area (Å²) >= 11 is 0. The van der Waals surface area contributed by atoms with Crippen molar-refractivity contribution in [3.05, 3.63) is 77.8 Å². The maximum atomic E-state index is 14.8. The lowest BCUT2D eigenvalue weighted by molar-refractivity contribution is -0.0223. The van der Waals surface area contributed by atoms with E-state index in [-0.39, 0.29) is 47.2 Å². The van der Waals surface area contributed by atoms with Crippen LogP contribution in [-0.2, 0) is 4.74 Å². The highest BCUT2D eigenvalue weighted by Gasteiger charge is 2.25. The molecule has 1 aliphatic heterocycles. The van der Waals surface area contributed by atoms with Gasteiger partial charge in [-0.05, 0) is 31.0 Å². The van der Waals surface area contributed by atoms with Crippen molar-refractivity contribution in [2.45, 2.75) is 25.0 Å². The van der Waals surface area contributed by atoms with Crippen LogP contribution in [0.1, 0.15) is 28.8 Å². The maximum Gasteiger partial charge on any atom is 0.219 e. The van der Waals surface area contributed by atoms with Gasteiger partial charge < -0.3 is 24.9 Å². The topological polar surface area (TPSA) is 109 Å². The molecule has 0 amide bonds. The maximum absolute atomic E-state index is 14.8. The van der Waals surface area contributed by atoms with E-state index in [0.717, 1.165) is 6.20 Å². The third-order valence-electron chi connectivity index (χ3n) is 5.87. The number of halogens is 2. The Balaban J connectivity index is 1.40. The van der Waals surface area contributed by atoms with Gasteiger partial charge >= 0.3 is 0 Å². The molecule has 3 aromatic heterocycles. The second-order valence-corrected chi connectivity index (χ2v) is 8.21. The van der Waals surface area contributed by atoms with E-state index in [9.17, 15) is 18.7 Å². The third-order valence-corrected chi connectivity index (χ3v) is 5.87. The van der Waals surface area contributed by atoms with Crippen molar-refractivity contribution < 1.29 is 28.2 Å². The standard InChI is InChI=1S/C25H22F2N4O4/c26-18-3-1-2-4-20(18)35-21-8-5-14(9-28-21)24(33)17-10-29-25-22(17)23(19(27)11-30-25)31-15-6-7-16(12-32)34-13-15/h1-5,8-11,15-16,32H,6-7,12-13H2,(H2,29,30,31)/t15-,16+/m1/s1. The third kappa shape index (κ3) is 4.71. The molecular weight excluding hydrogens is 458 g/mol. The van der Waals surface area contributed by atoms with Gasteiger partial charge in [0.2, 0.25) is 5.88 Å². The number of para-hydroxylation sites is 1. The lowest BCUT2D eigenvalue weighted by atomic mass is 10.0. The molecular formula is C25H22F2N4O4. The lowest BCUT2D eigenvalue weighted by Crippen LogP contribution is -2.36. The van der Waals surface area contributed by atoms with Crippen LogP contribution in [0.15, 0.2) is 55.0 Å². The number of hydrogen-bond acceptors (Lipinski definition) is 7. The first kappa shape index (κ1) is 22.9. The first-order valence-electron chi connectivity index (χ1n) is 11.1. The van der Waals surface area contributed by atoms with Crippen molar-refractivity contribution in [3.8, 4) is 11.6 Å². The molecule has 4 heterocycles. The largest absolute Gasteiger partial charge is 0.436 e. The number of aromatic nitrogens is 3. The highest BCUT2D eigenvalue weighted by atomic mass is 19.1. The number of nitrogens with zero attached hydrogens (tertiary/aromatic N) is 2. The Morgan fingerprint density at radius 1 is 1.14 bits per heavy atom. The predicted molar refractivity (Wildman–Crippen MR) is 124 cm³/mol. The molecule has 2 atom stereocenters. The fourth-order valence-corrected chi connectivity index (χ4v) is 4.03. The van der Waals surface area contributed by atoms with Crippen LogP contribution in [0.2, 0.25) is 0 Å². The first-order valence-corrected chi connectivity index (χ1v) is 11.1. The fraction of sp³-hybridized carbons (Fsp3) is 0.240. The van der Waals surface area contributed by atoms with Gasteiger partial charge in [0.15, 0.2) is 23.2 Å². The van der Waals surface area contributed by atoms with Crippen molar-refractivity contribution in [3.63, 3.8) is 0 Å². The van der Waals surface area contributed by atoms with Crippen molar-refractivity contribution in [2.24, 2.45) is 0 Å². The molecule has 0 bridgehead atoms. The Morgan fingerprint density at radius 2 is 2.00 bits per heavy atom. The monoisotopic (exact) mass is 480 g/mol. The molecule has 0 radical (unpaired) electrons. The van der Waals surface area contributed by atoms with Crippen molar-refractivity contribution in [1.82, 2.24) is 15.0 Å². The van der Waals surface area contributed by atoms with E-state index in [1.807, 2.05) is 0 Å². The number of hydrogen-bond donors (Lipinski definition) is 3. The number of H-pyrrole nitrogens is 1. The van der Waals surface area contributed by atoms with E-state index in [2.05, 4.69) is 20.3 Å². The Labute approximate surface area is 198 Å². The summed E-state index contributed by atoms with van der Waals surface area (Å²) in [6.07, 6.45) is 4.98. The van der Waals surface area contributed by atoms with E-state index in [0.29, 0.717) is 30.5 Å². The number of aliphatic hydroxyl groups excluding tert-OH is 1. The number of aliphatic hydroxyl groups is 1. The molecule has 5 rings (SSSR count). The number of benzene rings is 1. The number of rotatable bonds is 7. The summed E-state index contributed by atoms with van der Waals surface area (Å²) in [5, 5.41) is 12.7. The zero-order valence-corrected chi connectivity index (χ0v) is 18.5. The quantitative estimate of drug-likeness (QED) is 0.340.